The van der Waals surface area contributed by atoms with Crippen molar-refractivity contribution in [2.75, 3.05) is 13.1 Å². The highest BCUT2D eigenvalue weighted by Gasteiger charge is 2.32. The maximum absolute atomic E-state index is 14.9. The first kappa shape index (κ1) is 21.8. The molecule has 1 saturated heterocycles. The molecular weight excluding hydrogens is 393 g/mol. The Morgan fingerprint density at radius 1 is 1.13 bits per heavy atom. The molecule has 4 rings (SSSR count). The van der Waals surface area contributed by atoms with Crippen molar-refractivity contribution >= 4 is 5.97 Å². The molecule has 2 aliphatic rings. The number of ether oxygens (including phenoxy) is 2. The zero-order valence-electron chi connectivity index (χ0n) is 18.7. The van der Waals surface area contributed by atoms with E-state index in [0.29, 0.717) is 11.7 Å². The predicted octanol–water partition coefficient (Wildman–Crippen LogP) is 5.70. The Morgan fingerprint density at radius 3 is 2.55 bits per heavy atom. The van der Waals surface area contributed by atoms with Crippen molar-refractivity contribution in [2.24, 2.45) is 0 Å². The molecule has 1 aliphatic heterocycles. The van der Waals surface area contributed by atoms with E-state index in [-0.39, 0.29) is 11.7 Å². The molecule has 0 radical (unpaired) electrons. The fourth-order valence-electron chi connectivity index (χ4n) is 4.15. The topological polar surface area (TPSA) is 38.8 Å². The molecule has 166 valence electrons. The molecule has 2 fully saturated rings. The van der Waals surface area contributed by atoms with E-state index in [2.05, 4.69) is 29.2 Å². The summed E-state index contributed by atoms with van der Waals surface area (Å²) in [7, 11) is 0. The number of likely N-dealkylation sites (tertiary alicyclic amines) is 1. The minimum Gasteiger partial charge on any atom is -0.489 e. The maximum Gasteiger partial charge on any atom is 0.341 e. The van der Waals surface area contributed by atoms with Gasteiger partial charge in [-0.05, 0) is 76.1 Å². The van der Waals surface area contributed by atoms with Crippen LogP contribution >= 0.6 is 0 Å². The summed E-state index contributed by atoms with van der Waals surface area (Å²) in [5, 5.41) is 0. The van der Waals surface area contributed by atoms with E-state index >= 15 is 0 Å². The number of halogens is 1. The minimum absolute atomic E-state index is 0.00137. The maximum atomic E-state index is 14.9. The number of rotatable bonds is 6. The van der Waals surface area contributed by atoms with Gasteiger partial charge in [0.25, 0.3) is 0 Å². The zero-order chi connectivity index (χ0) is 22.0. The van der Waals surface area contributed by atoms with Crippen LogP contribution in [0.5, 0.6) is 5.75 Å². The van der Waals surface area contributed by atoms with Crippen LogP contribution < -0.4 is 4.74 Å². The molecule has 0 unspecified atom stereocenters. The fourth-order valence-corrected chi connectivity index (χ4v) is 4.15. The highest BCUT2D eigenvalue weighted by atomic mass is 19.1. The summed E-state index contributed by atoms with van der Waals surface area (Å²) >= 11 is 0. The quantitative estimate of drug-likeness (QED) is 0.557. The summed E-state index contributed by atoms with van der Waals surface area (Å²) in [6, 6.07) is 13.5. The molecule has 31 heavy (non-hydrogen) atoms. The lowest BCUT2D eigenvalue weighted by molar-refractivity contribution is 0.00644. The van der Waals surface area contributed by atoms with E-state index in [4.69, 9.17) is 9.47 Å². The third-order valence-electron chi connectivity index (χ3n) is 5.74. The molecule has 0 amide bonds. The summed E-state index contributed by atoms with van der Waals surface area (Å²) in [4.78, 5) is 14.9. The second-order valence-electron chi connectivity index (χ2n) is 9.75. The Kier molecular flexibility index (Phi) is 6.33. The van der Waals surface area contributed by atoms with Crippen LogP contribution in [0.1, 0.15) is 73.9 Å². The predicted molar refractivity (Wildman–Crippen MR) is 119 cm³/mol. The Hall–Kier alpha value is -2.40. The van der Waals surface area contributed by atoms with E-state index in [1.165, 1.54) is 11.6 Å². The van der Waals surface area contributed by atoms with Gasteiger partial charge in [0.2, 0.25) is 0 Å². The number of carbonyl (C=O) groups excluding carboxylic acids is 1. The first-order valence-electron chi connectivity index (χ1n) is 11.3. The SMILES string of the molecule is CC(C)(C)OC(=O)c1cc(C2CC2)c(O[C@@H]2CCCN(Cc3ccccc3)C2)cc1F. The molecule has 1 saturated carbocycles. The molecule has 0 spiro atoms. The molecule has 1 aliphatic carbocycles. The van der Waals surface area contributed by atoms with Crippen LogP contribution in [0.25, 0.3) is 0 Å². The van der Waals surface area contributed by atoms with Crippen molar-refractivity contribution in [2.45, 2.75) is 70.6 Å². The fraction of sp³-hybridized carbons (Fsp3) is 0.500. The summed E-state index contributed by atoms with van der Waals surface area (Å²) in [5.74, 6) is -0.282. The zero-order valence-corrected chi connectivity index (χ0v) is 18.7. The second kappa shape index (κ2) is 8.99. The van der Waals surface area contributed by atoms with Gasteiger partial charge < -0.3 is 9.47 Å². The first-order valence-corrected chi connectivity index (χ1v) is 11.3. The molecule has 0 N–H and O–H groups in total. The van der Waals surface area contributed by atoms with Gasteiger partial charge in [0, 0.05) is 19.2 Å². The lowest BCUT2D eigenvalue weighted by Gasteiger charge is -2.33. The van der Waals surface area contributed by atoms with Crippen molar-refractivity contribution in [1.82, 2.24) is 4.90 Å². The van der Waals surface area contributed by atoms with Gasteiger partial charge in [-0.1, -0.05) is 30.3 Å². The van der Waals surface area contributed by atoms with Crippen LogP contribution in [-0.4, -0.2) is 35.7 Å². The molecule has 0 aromatic heterocycles. The average Bonchev–Trinajstić information content (AvgIpc) is 3.53. The van der Waals surface area contributed by atoms with Crippen molar-refractivity contribution in [1.29, 1.82) is 0 Å². The minimum atomic E-state index is -0.664. The van der Waals surface area contributed by atoms with Crippen molar-refractivity contribution in [3.05, 3.63) is 65.0 Å². The van der Waals surface area contributed by atoms with E-state index in [0.717, 1.165) is 50.9 Å². The van der Waals surface area contributed by atoms with Crippen LogP contribution in [0.3, 0.4) is 0 Å². The Balaban J connectivity index is 1.48. The number of benzene rings is 2. The number of esters is 1. The monoisotopic (exact) mass is 425 g/mol. The van der Waals surface area contributed by atoms with Crippen molar-refractivity contribution in [3.63, 3.8) is 0 Å². The van der Waals surface area contributed by atoms with E-state index in [1.807, 2.05) is 6.07 Å². The van der Waals surface area contributed by atoms with Gasteiger partial charge in [0.1, 0.15) is 23.3 Å². The largest absolute Gasteiger partial charge is 0.489 e. The van der Waals surface area contributed by atoms with Gasteiger partial charge in [-0.3, -0.25) is 4.90 Å². The average molecular weight is 426 g/mol. The van der Waals surface area contributed by atoms with Gasteiger partial charge in [-0.2, -0.15) is 0 Å². The molecule has 5 heteroatoms. The molecule has 1 atom stereocenters. The van der Waals surface area contributed by atoms with Crippen LogP contribution in [-0.2, 0) is 11.3 Å². The Bertz CT molecular complexity index is 918. The summed E-state index contributed by atoms with van der Waals surface area (Å²) in [6.07, 6.45) is 4.10. The normalized spacial score (nSPS) is 19.8. The highest BCUT2D eigenvalue weighted by molar-refractivity contribution is 5.90. The van der Waals surface area contributed by atoms with Gasteiger partial charge in [-0.15, -0.1) is 0 Å². The molecule has 2 aromatic carbocycles. The van der Waals surface area contributed by atoms with Gasteiger partial charge >= 0.3 is 5.97 Å². The number of piperidine rings is 1. The highest BCUT2D eigenvalue weighted by Crippen LogP contribution is 2.45. The van der Waals surface area contributed by atoms with E-state index in [9.17, 15) is 9.18 Å². The lowest BCUT2D eigenvalue weighted by Crippen LogP contribution is -2.40. The first-order chi connectivity index (χ1) is 14.8. The van der Waals surface area contributed by atoms with Gasteiger partial charge in [0.05, 0.1) is 5.56 Å². The molecule has 1 heterocycles. The van der Waals surface area contributed by atoms with Crippen molar-refractivity contribution < 1.29 is 18.7 Å². The summed E-state index contributed by atoms with van der Waals surface area (Å²) < 4.78 is 26.6. The molecule has 2 aromatic rings. The number of nitrogens with zero attached hydrogens (tertiary/aromatic N) is 1. The number of carbonyl (C=O) groups is 1. The summed E-state index contributed by atoms with van der Waals surface area (Å²) in [6.45, 7) is 8.10. The Morgan fingerprint density at radius 2 is 1.87 bits per heavy atom. The van der Waals surface area contributed by atoms with Crippen molar-refractivity contribution in [3.8, 4) is 5.75 Å². The smallest absolute Gasteiger partial charge is 0.341 e. The summed E-state index contributed by atoms with van der Waals surface area (Å²) in [5.41, 5.74) is 1.55. The molecular formula is C26H32FNO3. The van der Waals surface area contributed by atoms with E-state index < -0.39 is 17.4 Å². The van der Waals surface area contributed by atoms with E-state index in [1.54, 1.807) is 26.8 Å². The van der Waals surface area contributed by atoms with Gasteiger partial charge in [0.15, 0.2) is 0 Å². The second-order valence-corrected chi connectivity index (χ2v) is 9.75. The third-order valence-corrected chi connectivity index (χ3v) is 5.74. The van der Waals surface area contributed by atoms with Crippen LogP contribution in [0.2, 0.25) is 0 Å². The van der Waals surface area contributed by atoms with Crippen LogP contribution in [0.15, 0.2) is 42.5 Å². The number of hydrogen-bond donors (Lipinski definition) is 0. The molecule has 4 nitrogen and oxygen atoms in total. The lowest BCUT2D eigenvalue weighted by atomic mass is 10.0. The third kappa shape index (κ3) is 5.85. The van der Waals surface area contributed by atoms with Crippen LogP contribution in [0.4, 0.5) is 4.39 Å². The standard InChI is InChI=1S/C26H32FNO3/c1-26(2,3)31-25(29)22-14-21(19-11-12-19)24(15-23(22)27)30-20-10-7-13-28(17-20)16-18-8-5-4-6-9-18/h4-6,8-9,14-15,19-20H,7,10-13,16-17H2,1-3H3/t20-/m1/s1. The number of hydrogen-bond acceptors (Lipinski definition) is 4. The Labute approximate surface area is 184 Å². The molecule has 0 bridgehead atoms. The van der Waals surface area contributed by atoms with Crippen LogP contribution in [0, 0.1) is 5.82 Å². The van der Waals surface area contributed by atoms with Gasteiger partial charge in [-0.25, -0.2) is 9.18 Å².